The van der Waals surface area contributed by atoms with Gasteiger partial charge in [0.25, 0.3) is 0 Å². The van der Waals surface area contributed by atoms with E-state index in [4.69, 9.17) is 12.2 Å². The van der Waals surface area contributed by atoms with Crippen LogP contribution < -0.4 is 5.73 Å². The monoisotopic (exact) mass is 137 g/mol. The van der Waals surface area contributed by atoms with Gasteiger partial charge in [0, 0.05) is 0 Å². The number of terminal acetylenes is 1. The normalized spacial score (nSPS) is 16.9. The number of nitrogens with zero attached hydrogens (tertiary/aromatic N) is 2. The van der Waals surface area contributed by atoms with Crippen molar-refractivity contribution in [3.05, 3.63) is 0 Å². The van der Waals surface area contributed by atoms with E-state index >= 15 is 0 Å². The average Bonchev–Trinajstić information content (AvgIpc) is 2.13. The maximum Gasteiger partial charge on any atom is 0.346 e. The Morgan fingerprint density at radius 1 is 1.90 bits per heavy atom. The third-order valence-corrected chi connectivity index (χ3v) is 1.14. The Morgan fingerprint density at radius 2 is 2.60 bits per heavy atom. The van der Waals surface area contributed by atoms with Crippen LogP contribution in [-0.2, 0) is 0 Å². The summed E-state index contributed by atoms with van der Waals surface area (Å²) in [5.41, 5.74) is 5.26. The molecule has 4 heteroatoms. The van der Waals surface area contributed by atoms with Crippen molar-refractivity contribution < 1.29 is 4.79 Å². The van der Waals surface area contributed by atoms with Gasteiger partial charge in [0.05, 0.1) is 13.1 Å². The van der Waals surface area contributed by atoms with E-state index in [0.29, 0.717) is 12.4 Å². The Kier molecular flexibility index (Phi) is 1.59. The summed E-state index contributed by atoms with van der Waals surface area (Å²) in [7, 11) is 0. The van der Waals surface area contributed by atoms with Gasteiger partial charge in [-0.1, -0.05) is 5.92 Å². The van der Waals surface area contributed by atoms with Crippen LogP contribution in [0.4, 0.5) is 4.79 Å². The van der Waals surface area contributed by atoms with Crippen LogP contribution in [0.15, 0.2) is 4.99 Å². The molecule has 4 nitrogen and oxygen atoms in total. The highest BCUT2D eigenvalue weighted by atomic mass is 16.2. The van der Waals surface area contributed by atoms with Crippen LogP contribution >= 0.6 is 0 Å². The van der Waals surface area contributed by atoms with Gasteiger partial charge in [-0.05, 0) is 0 Å². The van der Waals surface area contributed by atoms with Gasteiger partial charge in [0.2, 0.25) is 0 Å². The Morgan fingerprint density at radius 3 is 3.00 bits per heavy atom. The van der Waals surface area contributed by atoms with Crippen LogP contribution in [0.3, 0.4) is 0 Å². The first-order chi connectivity index (χ1) is 4.74. The van der Waals surface area contributed by atoms with Crippen molar-refractivity contribution in [2.75, 3.05) is 13.1 Å². The van der Waals surface area contributed by atoms with Crippen molar-refractivity contribution >= 4 is 11.9 Å². The first-order valence-electron chi connectivity index (χ1n) is 2.79. The number of amidine groups is 1. The maximum absolute atomic E-state index is 10.7. The SMILES string of the molecule is C#CCN1CC(N)=NC1=O. The number of amides is 2. The van der Waals surface area contributed by atoms with Gasteiger partial charge >= 0.3 is 6.03 Å². The zero-order valence-corrected chi connectivity index (χ0v) is 5.37. The summed E-state index contributed by atoms with van der Waals surface area (Å²) in [5.74, 6) is 2.67. The molecule has 0 unspecified atom stereocenters. The highest BCUT2D eigenvalue weighted by Gasteiger charge is 2.19. The second kappa shape index (κ2) is 2.40. The van der Waals surface area contributed by atoms with Crippen molar-refractivity contribution in [2.45, 2.75) is 0 Å². The first-order valence-corrected chi connectivity index (χ1v) is 2.79. The number of carbonyl (C=O) groups excluding carboxylic acids is 1. The molecule has 0 aromatic rings. The van der Waals surface area contributed by atoms with E-state index < -0.39 is 0 Å². The zero-order valence-electron chi connectivity index (χ0n) is 5.37. The van der Waals surface area contributed by atoms with Crippen molar-refractivity contribution in [3.63, 3.8) is 0 Å². The molecule has 0 spiro atoms. The van der Waals surface area contributed by atoms with E-state index in [1.54, 1.807) is 0 Å². The van der Waals surface area contributed by atoms with Crippen LogP contribution in [0, 0.1) is 12.3 Å². The Labute approximate surface area is 58.7 Å². The predicted octanol–water partition coefficient (Wildman–Crippen LogP) is -0.588. The topological polar surface area (TPSA) is 58.7 Å². The van der Waals surface area contributed by atoms with Gasteiger partial charge in [-0.3, -0.25) is 0 Å². The second-order valence-electron chi connectivity index (χ2n) is 1.95. The van der Waals surface area contributed by atoms with E-state index in [-0.39, 0.29) is 12.6 Å². The molecule has 2 amide bonds. The largest absolute Gasteiger partial charge is 0.385 e. The molecule has 10 heavy (non-hydrogen) atoms. The molecule has 1 rings (SSSR count). The highest BCUT2D eigenvalue weighted by molar-refractivity contribution is 6.00. The quantitative estimate of drug-likeness (QED) is 0.491. The lowest BCUT2D eigenvalue weighted by Gasteiger charge is -2.07. The molecule has 1 aliphatic rings. The molecule has 0 aromatic heterocycles. The minimum Gasteiger partial charge on any atom is -0.385 e. The number of aliphatic imine (C=N–C) groups is 1. The van der Waals surface area contributed by atoms with Gasteiger partial charge in [-0.15, -0.1) is 6.42 Å². The third-order valence-electron chi connectivity index (χ3n) is 1.14. The summed E-state index contributed by atoms with van der Waals surface area (Å²) < 4.78 is 0. The molecule has 0 fully saturated rings. The maximum atomic E-state index is 10.7. The molecule has 2 N–H and O–H groups in total. The van der Waals surface area contributed by atoms with Gasteiger partial charge in [-0.25, -0.2) is 4.79 Å². The summed E-state index contributed by atoms with van der Waals surface area (Å²) in [5, 5.41) is 0. The Bertz CT molecular complexity index is 226. The number of hydrogen-bond donors (Lipinski definition) is 1. The van der Waals surface area contributed by atoms with E-state index in [0.717, 1.165) is 0 Å². The standard InChI is InChI=1S/C6H7N3O/c1-2-3-9-4-5(7)8-6(9)10/h1H,3-4H2,(H2,7,8,10). The van der Waals surface area contributed by atoms with Gasteiger partial charge in [-0.2, -0.15) is 4.99 Å². The van der Waals surface area contributed by atoms with E-state index in [1.165, 1.54) is 4.90 Å². The Balaban J connectivity index is 2.57. The summed E-state index contributed by atoms with van der Waals surface area (Å²) in [6.45, 7) is 0.645. The average molecular weight is 137 g/mol. The zero-order chi connectivity index (χ0) is 7.56. The van der Waals surface area contributed by atoms with Crippen LogP contribution in [0.2, 0.25) is 0 Å². The number of carbonyl (C=O) groups is 1. The summed E-state index contributed by atoms with van der Waals surface area (Å²) in [4.78, 5) is 15.6. The smallest absolute Gasteiger partial charge is 0.346 e. The molecule has 0 radical (unpaired) electrons. The molecule has 1 aliphatic heterocycles. The van der Waals surface area contributed by atoms with Crippen molar-refractivity contribution in [3.8, 4) is 12.3 Å². The van der Waals surface area contributed by atoms with Gasteiger partial charge in [0.1, 0.15) is 5.84 Å². The molecule has 0 atom stereocenters. The van der Waals surface area contributed by atoms with Crippen LogP contribution in [0.25, 0.3) is 0 Å². The third kappa shape index (κ3) is 1.08. The fraction of sp³-hybridized carbons (Fsp3) is 0.333. The van der Waals surface area contributed by atoms with Crippen LogP contribution in [-0.4, -0.2) is 29.9 Å². The summed E-state index contributed by atoms with van der Waals surface area (Å²) in [6.07, 6.45) is 4.98. The number of rotatable bonds is 1. The number of hydrogen-bond acceptors (Lipinski definition) is 2. The molecule has 1 heterocycles. The molecule has 0 aliphatic carbocycles. The van der Waals surface area contributed by atoms with Crippen molar-refractivity contribution in [2.24, 2.45) is 10.7 Å². The summed E-state index contributed by atoms with van der Waals surface area (Å²) >= 11 is 0. The molecular weight excluding hydrogens is 130 g/mol. The molecular formula is C6H7N3O. The van der Waals surface area contributed by atoms with Crippen LogP contribution in [0.5, 0.6) is 0 Å². The minimum absolute atomic E-state index is 0.281. The van der Waals surface area contributed by atoms with Gasteiger partial charge in [0.15, 0.2) is 0 Å². The Hall–Kier alpha value is -1.50. The minimum atomic E-state index is -0.338. The van der Waals surface area contributed by atoms with E-state index in [9.17, 15) is 4.79 Å². The molecule has 0 saturated heterocycles. The molecule has 52 valence electrons. The van der Waals surface area contributed by atoms with Crippen molar-refractivity contribution in [1.29, 1.82) is 0 Å². The number of urea groups is 1. The van der Waals surface area contributed by atoms with Crippen molar-refractivity contribution in [1.82, 2.24) is 4.90 Å². The number of nitrogens with two attached hydrogens (primary N) is 1. The summed E-state index contributed by atoms with van der Waals surface area (Å²) in [6, 6.07) is -0.338. The highest BCUT2D eigenvalue weighted by Crippen LogP contribution is 1.99. The molecule has 0 aromatic carbocycles. The molecule has 0 saturated carbocycles. The van der Waals surface area contributed by atoms with E-state index in [1.807, 2.05) is 0 Å². The van der Waals surface area contributed by atoms with E-state index in [2.05, 4.69) is 10.9 Å². The second-order valence-corrected chi connectivity index (χ2v) is 1.95. The first kappa shape index (κ1) is 6.62. The lowest BCUT2D eigenvalue weighted by Crippen LogP contribution is -2.28. The lowest BCUT2D eigenvalue weighted by atomic mass is 10.5. The lowest BCUT2D eigenvalue weighted by molar-refractivity contribution is 0.224. The van der Waals surface area contributed by atoms with Gasteiger partial charge < -0.3 is 10.6 Å². The fourth-order valence-electron chi connectivity index (χ4n) is 0.726. The van der Waals surface area contributed by atoms with Crippen LogP contribution in [0.1, 0.15) is 0 Å². The fourth-order valence-corrected chi connectivity index (χ4v) is 0.726. The molecule has 0 bridgehead atoms. The predicted molar refractivity (Wildman–Crippen MR) is 37.4 cm³/mol.